The van der Waals surface area contributed by atoms with Crippen LogP contribution >= 0.6 is 0 Å². The number of aryl methyl sites for hydroxylation is 1. The molecule has 2 aromatic carbocycles. The van der Waals surface area contributed by atoms with E-state index in [9.17, 15) is 0 Å². The molecule has 0 spiro atoms. The van der Waals surface area contributed by atoms with Crippen LogP contribution in [0.1, 0.15) is 29.0 Å². The summed E-state index contributed by atoms with van der Waals surface area (Å²) in [6.07, 6.45) is 5.91. The zero-order valence-electron chi connectivity index (χ0n) is 10.7. The van der Waals surface area contributed by atoms with Crippen molar-refractivity contribution in [3.63, 3.8) is 0 Å². The molecular weight excluding hydrogens is 216 g/mol. The molecule has 0 bridgehead atoms. The largest absolute Gasteiger partial charge is 0.0802 e. The van der Waals surface area contributed by atoms with Crippen molar-refractivity contribution in [2.75, 3.05) is 0 Å². The first-order chi connectivity index (χ1) is 8.83. The summed E-state index contributed by atoms with van der Waals surface area (Å²) in [5, 5.41) is 0. The Morgan fingerprint density at radius 3 is 2.61 bits per heavy atom. The van der Waals surface area contributed by atoms with E-state index in [0.717, 1.165) is 11.8 Å². The minimum atomic E-state index is 0.729. The van der Waals surface area contributed by atoms with E-state index in [1.54, 1.807) is 0 Å². The van der Waals surface area contributed by atoms with Crippen molar-refractivity contribution in [3.8, 4) is 0 Å². The predicted molar refractivity (Wildman–Crippen MR) is 77.5 cm³/mol. The van der Waals surface area contributed by atoms with Gasteiger partial charge in [-0.1, -0.05) is 72.3 Å². The average Bonchev–Trinajstić information content (AvgIpc) is 3.17. The molecule has 0 heterocycles. The molecule has 0 nitrogen and oxygen atoms in total. The second-order valence-electron chi connectivity index (χ2n) is 5.19. The van der Waals surface area contributed by atoms with E-state index in [2.05, 4.69) is 73.7 Å². The van der Waals surface area contributed by atoms with Crippen LogP contribution in [0, 0.1) is 12.8 Å². The standard InChI is InChI=1S/C18H18/c1-14-6-5-9-16(12-14)18-13-17(18)11-10-15-7-3-2-4-8-15/h2-12,17-18H,13H2,1H3/b11-10+/t17-,18-/m0/s1. The normalized spacial score (nSPS) is 22.3. The highest BCUT2D eigenvalue weighted by molar-refractivity contribution is 5.50. The Balaban J connectivity index is 1.67. The Kier molecular flexibility index (Phi) is 3.02. The second-order valence-corrected chi connectivity index (χ2v) is 5.19. The van der Waals surface area contributed by atoms with Crippen LogP contribution in [0.2, 0.25) is 0 Å². The van der Waals surface area contributed by atoms with E-state index < -0.39 is 0 Å². The average molecular weight is 234 g/mol. The maximum atomic E-state index is 2.36. The number of benzene rings is 2. The summed E-state index contributed by atoms with van der Waals surface area (Å²) in [5.74, 6) is 1.47. The molecule has 1 aliphatic carbocycles. The highest BCUT2D eigenvalue weighted by Gasteiger charge is 2.35. The van der Waals surface area contributed by atoms with Crippen molar-refractivity contribution in [2.24, 2.45) is 5.92 Å². The Morgan fingerprint density at radius 2 is 1.83 bits per heavy atom. The fraction of sp³-hybridized carbons (Fsp3) is 0.222. The zero-order chi connectivity index (χ0) is 12.4. The smallest absolute Gasteiger partial charge is 0.00928 e. The predicted octanol–water partition coefficient (Wildman–Crippen LogP) is 4.81. The SMILES string of the molecule is Cc1cccc([C@@H]2C[C@@H]2/C=C/c2ccccc2)c1. The molecule has 2 atom stereocenters. The Hall–Kier alpha value is -1.82. The number of allylic oxidation sites excluding steroid dienone is 1. The van der Waals surface area contributed by atoms with Crippen LogP contribution in [0.5, 0.6) is 0 Å². The summed E-state index contributed by atoms with van der Waals surface area (Å²) in [6, 6.07) is 19.5. The van der Waals surface area contributed by atoms with Crippen molar-refractivity contribution >= 4 is 6.08 Å². The molecule has 0 N–H and O–H groups in total. The lowest BCUT2D eigenvalue weighted by atomic mass is 10.1. The number of hydrogen-bond donors (Lipinski definition) is 0. The molecule has 1 fully saturated rings. The van der Waals surface area contributed by atoms with Gasteiger partial charge in [0.25, 0.3) is 0 Å². The van der Waals surface area contributed by atoms with E-state index >= 15 is 0 Å². The van der Waals surface area contributed by atoms with Crippen molar-refractivity contribution in [3.05, 3.63) is 77.4 Å². The van der Waals surface area contributed by atoms with Crippen LogP contribution in [0.25, 0.3) is 6.08 Å². The van der Waals surface area contributed by atoms with E-state index in [-0.39, 0.29) is 0 Å². The quantitative estimate of drug-likeness (QED) is 0.714. The monoisotopic (exact) mass is 234 g/mol. The lowest BCUT2D eigenvalue weighted by molar-refractivity contribution is 1.01. The highest BCUT2D eigenvalue weighted by atomic mass is 14.4. The van der Waals surface area contributed by atoms with Crippen LogP contribution in [0.15, 0.2) is 60.7 Å². The van der Waals surface area contributed by atoms with Gasteiger partial charge in [-0.2, -0.15) is 0 Å². The fourth-order valence-electron chi connectivity index (χ4n) is 2.51. The van der Waals surface area contributed by atoms with Crippen LogP contribution < -0.4 is 0 Å². The van der Waals surface area contributed by atoms with Gasteiger partial charge in [0.05, 0.1) is 0 Å². The van der Waals surface area contributed by atoms with Crippen LogP contribution in [-0.4, -0.2) is 0 Å². The molecule has 0 aliphatic heterocycles. The van der Waals surface area contributed by atoms with Gasteiger partial charge in [-0.15, -0.1) is 0 Å². The van der Waals surface area contributed by atoms with Gasteiger partial charge in [-0.25, -0.2) is 0 Å². The summed E-state index contributed by atoms with van der Waals surface area (Å²) in [5.41, 5.74) is 4.16. The third-order valence-corrected chi connectivity index (χ3v) is 3.65. The van der Waals surface area contributed by atoms with Gasteiger partial charge in [0.1, 0.15) is 0 Å². The highest BCUT2D eigenvalue weighted by Crippen LogP contribution is 2.48. The molecule has 0 heteroatoms. The molecule has 18 heavy (non-hydrogen) atoms. The van der Waals surface area contributed by atoms with E-state index in [1.165, 1.54) is 23.1 Å². The van der Waals surface area contributed by atoms with Gasteiger partial charge >= 0.3 is 0 Å². The lowest BCUT2D eigenvalue weighted by Crippen LogP contribution is -1.82. The first-order valence-corrected chi connectivity index (χ1v) is 6.63. The summed E-state index contributed by atoms with van der Waals surface area (Å²) in [4.78, 5) is 0. The summed E-state index contributed by atoms with van der Waals surface area (Å²) in [6.45, 7) is 2.17. The maximum Gasteiger partial charge on any atom is -0.00928 e. The van der Waals surface area contributed by atoms with E-state index in [4.69, 9.17) is 0 Å². The molecule has 0 radical (unpaired) electrons. The van der Waals surface area contributed by atoms with Gasteiger partial charge in [0.15, 0.2) is 0 Å². The Bertz CT molecular complexity index is 551. The minimum Gasteiger partial charge on any atom is -0.0802 e. The Labute approximate surface area is 109 Å². The molecule has 90 valence electrons. The zero-order valence-corrected chi connectivity index (χ0v) is 10.7. The van der Waals surface area contributed by atoms with Gasteiger partial charge in [0, 0.05) is 0 Å². The molecule has 1 saturated carbocycles. The fourth-order valence-corrected chi connectivity index (χ4v) is 2.51. The molecule has 3 rings (SSSR count). The lowest BCUT2D eigenvalue weighted by Gasteiger charge is -1.99. The van der Waals surface area contributed by atoms with Gasteiger partial charge in [-0.05, 0) is 36.3 Å². The molecule has 0 aromatic heterocycles. The number of rotatable bonds is 3. The molecule has 0 saturated heterocycles. The molecule has 0 amide bonds. The van der Waals surface area contributed by atoms with Crippen LogP contribution in [-0.2, 0) is 0 Å². The van der Waals surface area contributed by atoms with Crippen LogP contribution in [0.4, 0.5) is 0 Å². The topological polar surface area (TPSA) is 0 Å². The minimum absolute atomic E-state index is 0.729. The molecule has 2 aromatic rings. The van der Waals surface area contributed by atoms with Gasteiger partial charge in [0.2, 0.25) is 0 Å². The van der Waals surface area contributed by atoms with Gasteiger partial charge in [-0.3, -0.25) is 0 Å². The second kappa shape index (κ2) is 4.81. The third kappa shape index (κ3) is 2.53. The van der Waals surface area contributed by atoms with Crippen molar-refractivity contribution in [1.82, 2.24) is 0 Å². The summed E-state index contributed by atoms with van der Waals surface area (Å²) in [7, 11) is 0. The summed E-state index contributed by atoms with van der Waals surface area (Å²) >= 11 is 0. The Morgan fingerprint density at radius 1 is 1.00 bits per heavy atom. The van der Waals surface area contributed by atoms with E-state index in [1.807, 2.05) is 0 Å². The van der Waals surface area contributed by atoms with Crippen molar-refractivity contribution in [2.45, 2.75) is 19.3 Å². The molecule has 0 unspecified atom stereocenters. The summed E-state index contributed by atoms with van der Waals surface area (Å²) < 4.78 is 0. The molecular formula is C18H18. The van der Waals surface area contributed by atoms with Crippen molar-refractivity contribution in [1.29, 1.82) is 0 Å². The van der Waals surface area contributed by atoms with Gasteiger partial charge < -0.3 is 0 Å². The first-order valence-electron chi connectivity index (χ1n) is 6.63. The number of hydrogen-bond acceptors (Lipinski definition) is 0. The molecule has 1 aliphatic rings. The first kappa shape index (κ1) is 11.3. The van der Waals surface area contributed by atoms with Crippen molar-refractivity contribution < 1.29 is 0 Å². The maximum absolute atomic E-state index is 2.36. The third-order valence-electron chi connectivity index (χ3n) is 3.65. The van der Waals surface area contributed by atoms with E-state index in [0.29, 0.717) is 0 Å². The van der Waals surface area contributed by atoms with Crippen LogP contribution in [0.3, 0.4) is 0 Å².